The summed E-state index contributed by atoms with van der Waals surface area (Å²) in [5.41, 5.74) is 3.24. The summed E-state index contributed by atoms with van der Waals surface area (Å²) in [6.45, 7) is 7.96. The maximum absolute atomic E-state index is 12.4. The molecule has 0 fully saturated rings. The van der Waals surface area contributed by atoms with Crippen molar-refractivity contribution in [2.45, 2.75) is 39.5 Å². The highest BCUT2D eigenvalue weighted by Crippen LogP contribution is 2.32. The van der Waals surface area contributed by atoms with Crippen LogP contribution in [-0.2, 0) is 9.53 Å². The molecule has 2 aromatic rings. The average molecular weight is 374 g/mol. The summed E-state index contributed by atoms with van der Waals surface area (Å²) in [6, 6.07) is 12.4. The molecule has 138 valence electrons. The molecule has 0 atom stereocenters. The van der Waals surface area contributed by atoms with Gasteiger partial charge in [0.25, 0.3) is 5.91 Å². The van der Waals surface area contributed by atoms with Gasteiger partial charge in [-0.25, -0.2) is 4.79 Å². The molecule has 0 aliphatic rings. The van der Waals surface area contributed by atoms with E-state index < -0.39 is 5.97 Å². The molecule has 2 aromatic carbocycles. The molecule has 2 rings (SSSR count). The third-order valence-electron chi connectivity index (χ3n) is 4.03. The fraction of sp³-hybridized carbons (Fsp3) is 0.333. The van der Waals surface area contributed by atoms with Crippen LogP contribution in [0.1, 0.15) is 61.0 Å². The topological polar surface area (TPSA) is 55.4 Å². The van der Waals surface area contributed by atoms with Crippen LogP contribution in [0.2, 0.25) is 5.02 Å². The number of esters is 1. The molecular weight excluding hydrogens is 350 g/mol. The zero-order valence-electron chi connectivity index (χ0n) is 15.5. The number of halogens is 1. The van der Waals surface area contributed by atoms with Crippen LogP contribution in [0.25, 0.3) is 0 Å². The molecule has 0 unspecified atom stereocenters. The van der Waals surface area contributed by atoms with Crippen LogP contribution in [0, 0.1) is 0 Å². The van der Waals surface area contributed by atoms with Gasteiger partial charge in [0.2, 0.25) is 0 Å². The van der Waals surface area contributed by atoms with Crippen LogP contribution in [0.3, 0.4) is 0 Å². The van der Waals surface area contributed by atoms with Crippen LogP contribution in [0.15, 0.2) is 42.5 Å². The van der Waals surface area contributed by atoms with Crippen LogP contribution in [0.5, 0.6) is 0 Å². The standard InChI is InChI=1S/C21H24ClNO3/c1-13(2)17-9-6-10-18(14(3)4)20(17)23-19(24)12-26-21(25)15-7-5-8-16(22)11-15/h5-11,13-14H,12H2,1-4H3,(H,23,24). The maximum Gasteiger partial charge on any atom is 0.338 e. The van der Waals surface area contributed by atoms with Gasteiger partial charge in [-0.2, -0.15) is 0 Å². The molecule has 5 heteroatoms. The Bertz CT molecular complexity index is 773. The number of ether oxygens (including phenoxy) is 1. The second kappa shape index (κ2) is 8.86. The molecule has 1 amide bonds. The van der Waals surface area contributed by atoms with E-state index in [1.54, 1.807) is 18.2 Å². The second-order valence-electron chi connectivity index (χ2n) is 6.76. The molecule has 0 aliphatic heterocycles. The Labute approximate surface area is 159 Å². The Balaban J connectivity index is 2.09. The number of carbonyl (C=O) groups is 2. The second-order valence-corrected chi connectivity index (χ2v) is 7.19. The predicted octanol–water partition coefficient (Wildman–Crippen LogP) is 5.38. The van der Waals surface area contributed by atoms with E-state index in [0.717, 1.165) is 16.8 Å². The van der Waals surface area contributed by atoms with Gasteiger partial charge in [-0.3, -0.25) is 4.79 Å². The Morgan fingerprint density at radius 3 is 2.12 bits per heavy atom. The number of carbonyl (C=O) groups excluding carboxylic acids is 2. The van der Waals surface area contributed by atoms with Crippen molar-refractivity contribution in [3.05, 3.63) is 64.2 Å². The Morgan fingerprint density at radius 2 is 1.58 bits per heavy atom. The van der Waals surface area contributed by atoms with Crippen molar-refractivity contribution in [2.75, 3.05) is 11.9 Å². The minimum Gasteiger partial charge on any atom is -0.452 e. The van der Waals surface area contributed by atoms with Crippen LogP contribution in [0.4, 0.5) is 5.69 Å². The number of amides is 1. The van der Waals surface area contributed by atoms with E-state index in [1.165, 1.54) is 6.07 Å². The van der Waals surface area contributed by atoms with Gasteiger partial charge in [0.05, 0.1) is 5.56 Å². The molecule has 0 aromatic heterocycles. The van der Waals surface area contributed by atoms with Crippen molar-refractivity contribution < 1.29 is 14.3 Å². The number of hydrogen-bond acceptors (Lipinski definition) is 3. The lowest BCUT2D eigenvalue weighted by molar-refractivity contribution is -0.119. The highest BCUT2D eigenvalue weighted by atomic mass is 35.5. The van der Waals surface area contributed by atoms with Gasteiger partial charge >= 0.3 is 5.97 Å². The monoisotopic (exact) mass is 373 g/mol. The smallest absolute Gasteiger partial charge is 0.338 e. The maximum atomic E-state index is 12.4. The van der Waals surface area contributed by atoms with E-state index in [1.807, 2.05) is 18.2 Å². The van der Waals surface area contributed by atoms with E-state index in [0.29, 0.717) is 10.6 Å². The minimum absolute atomic E-state index is 0.262. The summed E-state index contributed by atoms with van der Waals surface area (Å²) in [5.74, 6) is -0.421. The van der Waals surface area contributed by atoms with Crippen molar-refractivity contribution in [1.29, 1.82) is 0 Å². The molecule has 0 bridgehead atoms. The SMILES string of the molecule is CC(C)c1cccc(C(C)C)c1NC(=O)COC(=O)c1cccc(Cl)c1. The number of anilines is 1. The summed E-state index contributed by atoms with van der Waals surface area (Å²) < 4.78 is 5.11. The molecule has 0 spiro atoms. The largest absolute Gasteiger partial charge is 0.452 e. The highest BCUT2D eigenvalue weighted by Gasteiger charge is 2.17. The molecule has 1 N–H and O–H groups in total. The third kappa shape index (κ3) is 5.09. The summed E-state index contributed by atoms with van der Waals surface area (Å²) in [4.78, 5) is 24.4. The lowest BCUT2D eigenvalue weighted by Gasteiger charge is -2.20. The number of hydrogen-bond donors (Lipinski definition) is 1. The Kier molecular flexibility index (Phi) is 6.81. The Hall–Kier alpha value is -2.33. The van der Waals surface area contributed by atoms with Gasteiger partial charge in [0.15, 0.2) is 6.61 Å². The highest BCUT2D eigenvalue weighted by molar-refractivity contribution is 6.30. The average Bonchev–Trinajstić information content (AvgIpc) is 2.59. The first-order valence-corrected chi connectivity index (χ1v) is 9.02. The van der Waals surface area contributed by atoms with Gasteiger partial charge in [-0.15, -0.1) is 0 Å². The fourth-order valence-electron chi connectivity index (χ4n) is 2.70. The molecule has 0 saturated carbocycles. The van der Waals surface area contributed by atoms with E-state index in [4.69, 9.17) is 16.3 Å². The van der Waals surface area contributed by atoms with Crippen molar-refractivity contribution in [3.63, 3.8) is 0 Å². The van der Waals surface area contributed by atoms with Crippen molar-refractivity contribution >= 4 is 29.2 Å². The Morgan fingerprint density at radius 1 is 1.00 bits per heavy atom. The first-order chi connectivity index (χ1) is 12.3. The first kappa shape index (κ1) is 20.0. The predicted molar refractivity (Wildman–Crippen MR) is 105 cm³/mol. The van der Waals surface area contributed by atoms with Crippen molar-refractivity contribution in [3.8, 4) is 0 Å². The van der Waals surface area contributed by atoms with Crippen molar-refractivity contribution in [1.82, 2.24) is 0 Å². The lowest BCUT2D eigenvalue weighted by atomic mass is 9.92. The zero-order chi connectivity index (χ0) is 19.3. The number of para-hydroxylation sites is 1. The van der Waals surface area contributed by atoms with Gasteiger partial charge in [-0.1, -0.05) is 63.6 Å². The van der Waals surface area contributed by atoms with Crippen molar-refractivity contribution in [2.24, 2.45) is 0 Å². The van der Waals surface area contributed by atoms with Gasteiger partial charge in [-0.05, 0) is 41.2 Å². The van der Waals surface area contributed by atoms with Crippen LogP contribution < -0.4 is 5.32 Å². The molecule has 0 aliphatic carbocycles. The molecule has 26 heavy (non-hydrogen) atoms. The third-order valence-corrected chi connectivity index (χ3v) is 4.27. The van der Waals surface area contributed by atoms with Crippen LogP contribution in [-0.4, -0.2) is 18.5 Å². The van der Waals surface area contributed by atoms with Gasteiger partial charge in [0, 0.05) is 10.7 Å². The van der Waals surface area contributed by atoms with E-state index in [-0.39, 0.29) is 24.3 Å². The number of nitrogens with one attached hydrogen (secondary N) is 1. The van der Waals surface area contributed by atoms with E-state index in [9.17, 15) is 9.59 Å². The van der Waals surface area contributed by atoms with Gasteiger partial charge < -0.3 is 10.1 Å². The summed E-state index contributed by atoms with van der Waals surface area (Å²) in [6.07, 6.45) is 0. The summed E-state index contributed by atoms with van der Waals surface area (Å²) in [7, 11) is 0. The fourth-order valence-corrected chi connectivity index (χ4v) is 2.89. The van der Waals surface area contributed by atoms with E-state index >= 15 is 0 Å². The van der Waals surface area contributed by atoms with Gasteiger partial charge in [0.1, 0.15) is 0 Å². The molecule has 0 saturated heterocycles. The molecule has 0 heterocycles. The number of benzene rings is 2. The zero-order valence-corrected chi connectivity index (χ0v) is 16.3. The summed E-state index contributed by atoms with van der Waals surface area (Å²) >= 11 is 5.87. The quantitative estimate of drug-likeness (QED) is 0.691. The molecular formula is C21H24ClNO3. The molecule has 0 radical (unpaired) electrons. The lowest BCUT2D eigenvalue weighted by Crippen LogP contribution is -2.22. The van der Waals surface area contributed by atoms with E-state index in [2.05, 4.69) is 33.0 Å². The molecule has 4 nitrogen and oxygen atoms in total. The minimum atomic E-state index is -0.580. The number of rotatable bonds is 6. The first-order valence-electron chi connectivity index (χ1n) is 8.65. The van der Waals surface area contributed by atoms with Crippen LogP contribution >= 0.6 is 11.6 Å². The summed E-state index contributed by atoms with van der Waals surface area (Å²) in [5, 5.41) is 3.36. The normalized spacial score (nSPS) is 10.9.